The molecule has 1 fully saturated rings. The summed E-state index contributed by atoms with van der Waals surface area (Å²) in [7, 11) is 0. The molecule has 0 aromatic heterocycles. The maximum Gasteiger partial charge on any atom is 0.305 e. The van der Waals surface area contributed by atoms with Gasteiger partial charge in [-0.1, -0.05) is 42.2 Å². The minimum absolute atomic E-state index is 0.0775. The molecule has 0 radical (unpaired) electrons. The Kier molecular flexibility index (Phi) is 4.76. The lowest BCUT2D eigenvalue weighted by Gasteiger charge is -2.14. The van der Waals surface area contributed by atoms with Gasteiger partial charge in [-0.05, 0) is 25.2 Å². The number of carbonyl (C=O) groups excluding carboxylic acids is 1. The van der Waals surface area contributed by atoms with Crippen molar-refractivity contribution in [3.8, 4) is 0 Å². The van der Waals surface area contributed by atoms with Gasteiger partial charge in [0.15, 0.2) is 0 Å². The molecule has 4 nitrogen and oxygen atoms in total. The van der Waals surface area contributed by atoms with Gasteiger partial charge in [-0.15, -0.1) is 0 Å². The second-order valence-corrected chi connectivity index (χ2v) is 6.22. The van der Waals surface area contributed by atoms with Crippen LogP contribution in [0.25, 0.3) is 0 Å². The van der Waals surface area contributed by atoms with Crippen LogP contribution in [-0.2, 0) is 9.59 Å². The van der Waals surface area contributed by atoms with E-state index in [-0.39, 0.29) is 18.9 Å². The van der Waals surface area contributed by atoms with Crippen LogP contribution in [0.1, 0.15) is 25.7 Å². The molecule has 0 spiro atoms. The van der Waals surface area contributed by atoms with Crippen LogP contribution in [0, 0.1) is 5.92 Å². The smallest absolute Gasteiger partial charge is 0.305 e. The van der Waals surface area contributed by atoms with E-state index in [2.05, 4.69) is 12.2 Å². The summed E-state index contributed by atoms with van der Waals surface area (Å²) in [6.45, 7) is 0.155. The standard InChI is InChI=1S/C13H15NO3S2/c15-11(16)6-7-14-12(17)10(19-13(14)18)8-9-4-2-1-3-5-9/h1-2,8-9H,3-7H2,(H,15,16)/b10-8+. The zero-order valence-corrected chi connectivity index (χ0v) is 12.0. The van der Waals surface area contributed by atoms with Gasteiger partial charge in [-0.25, -0.2) is 0 Å². The lowest BCUT2D eigenvalue weighted by Crippen LogP contribution is -2.30. The molecular formula is C13H15NO3S2. The summed E-state index contributed by atoms with van der Waals surface area (Å²) < 4.78 is 0.462. The number of carboxylic acid groups (broad SMARTS) is 1. The lowest BCUT2D eigenvalue weighted by atomic mass is 9.94. The van der Waals surface area contributed by atoms with Gasteiger partial charge >= 0.3 is 5.97 Å². The monoisotopic (exact) mass is 297 g/mol. The van der Waals surface area contributed by atoms with E-state index in [0.717, 1.165) is 19.3 Å². The van der Waals surface area contributed by atoms with Gasteiger partial charge in [-0.3, -0.25) is 14.5 Å². The average Bonchev–Trinajstić information content (AvgIpc) is 2.63. The zero-order valence-electron chi connectivity index (χ0n) is 10.4. The quantitative estimate of drug-likeness (QED) is 0.491. The second kappa shape index (κ2) is 6.34. The highest BCUT2D eigenvalue weighted by molar-refractivity contribution is 8.26. The lowest BCUT2D eigenvalue weighted by molar-refractivity contribution is -0.137. The van der Waals surface area contributed by atoms with Crippen molar-refractivity contribution in [2.45, 2.75) is 25.7 Å². The molecule has 0 aromatic rings. The van der Waals surface area contributed by atoms with E-state index in [0.29, 0.717) is 15.1 Å². The number of allylic oxidation sites excluding steroid dienone is 3. The highest BCUT2D eigenvalue weighted by Gasteiger charge is 2.32. The number of rotatable bonds is 4. The van der Waals surface area contributed by atoms with Gasteiger partial charge in [0, 0.05) is 6.54 Å². The van der Waals surface area contributed by atoms with Crippen molar-refractivity contribution in [2.75, 3.05) is 6.54 Å². The summed E-state index contributed by atoms with van der Waals surface area (Å²) >= 11 is 6.41. The summed E-state index contributed by atoms with van der Waals surface area (Å²) in [6, 6.07) is 0. The first kappa shape index (κ1) is 14.3. The van der Waals surface area contributed by atoms with Crippen LogP contribution >= 0.6 is 24.0 Å². The molecule has 6 heteroatoms. The number of nitrogens with zero attached hydrogens (tertiary/aromatic N) is 1. The van der Waals surface area contributed by atoms with Gasteiger partial charge < -0.3 is 5.11 Å². The molecule has 2 aliphatic rings. The number of hydrogen-bond donors (Lipinski definition) is 1. The Bertz CT molecular complexity index is 471. The molecule has 102 valence electrons. The fraction of sp³-hybridized carbons (Fsp3) is 0.462. The Labute approximate surface area is 121 Å². The van der Waals surface area contributed by atoms with Gasteiger partial charge in [0.2, 0.25) is 0 Å². The first-order valence-electron chi connectivity index (χ1n) is 6.20. The minimum atomic E-state index is -0.921. The fourth-order valence-electron chi connectivity index (χ4n) is 2.10. The number of carboxylic acids is 1. The zero-order chi connectivity index (χ0) is 13.8. The fourth-order valence-corrected chi connectivity index (χ4v) is 3.47. The average molecular weight is 297 g/mol. The van der Waals surface area contributed by atoms with Crippen molar-refractivity contribution in [1.29, 1.82) is 0 Å². The predicted molar refractivity (Wildman–Crippen MR) is 78.7 cm³/mol. The topological polar surface area (TPSA) is 57.6 Å². The molecule has 2 rings (SSSR count). The van der Waals surface area contributed by atoms with Gasteiger partial charge in [0.05, 0.1) is 11.3 Å². The van der Waals surface area contributed by atoms with Crippen LogP contribution in [0.15, 0.2) is 23.1 Å². The number of thioether (sulfide) groups is 1. The van der Waals surface area contributed by atoms with Crippen molar-refractivity contribution in [3.05, 3.63) is 23.1 Å². The van der Waals surface area contributed by atoms with Crippen LogP contribution in [0.5, 0.6) is 0 Å². The van der Waals surface area contributed by atoms with E-state index in [1.54, 1.807) is 0 Å². The number of hydrogen-bond acceptors (Lipinski definition) is 4. The SMILES string of the molecule is O=C(O)CCN1C(=O)/C(=C\C2CC=CCC2)SC1=S. The van der Waals surface area contributed by atoms with E-state index in [4.69, 9.17) is 17.3 Å². The molecule has 1 aliphatic heterocycles. The normalized spacial score (nSPS) is 25.4. The Morgan fingerprint density at radius 2 is 2.37 bits per heavy atom. The van der Waals surface area contributed by atoms with Gasteiger partial charge in [0.1, 0.15) is 4.32 Å². The molecule has 1 aliphatic carbocycles. The number of carbonyl (C=O) groups is 2. The van der Waals surface area contributed by atoms with Crippen LogP contribution in [0.3, 0.4) is 0 Å². The molecule has 1 saturated heterocycles. The maximum absolute atomic E-state index is 12.1. The Hall–Kier alpha value is -1.14. The third-order valence-electron chi connectivity index (χ3n) is 3.12. The van der Waals surface area contributed by atoms with Crippen molar-refractivity contribution in [2.24, 2.45) is 5.92 Å². The molecule has 1 amide bonds. The summed E-state index contributed by atoms with van der Waals surface area (Å²) in [5.41, 5.74) is 0. The van der Waals surface area contributed by atoms with Gasteiger partial charge in [0.25, 0.3) is 5.91 Å². The van der Waals surface area contributed by atoms with Crippen molar-refractivity contribution in [1.82, 2.24) is 4.90 Å². The molecule has 1 heterocycles. The van der Waals surface area contributed by atoms with Crippen LogP contribution in [0.2, 0.25) is 0 Å². The molecule has 1 unspecified atom stereocenters. The molecule has 1 N–H and O–H groups in total. The third kappa shape index (κ3) is 3.67. The van der Waals surface area contributed by atoms with E-state index < -0.39 is 5.97 Å². The van der Waals surface area contributed by atoms with Gasteiger partial charge in [-0.2, -0.15) is 0 Å². The Morgan fingerprint density at radius 1 is 1.58 bits per heavy atom. The first-order valence-corrected chi connectivity index (χ1v) is 7.42. The molecule has 0 aromatic carbocycles. The number of aliphatic carboxylic acids is 1. The minimum Gasteiger partial charge on any atom is -0.481 e. The highest BCUT2D eigenvalue weighted by Crippen LogP contribution is 2.33. The number of thiocarbonyl (C=S) groups is 1. The summed E-state index contributed by atoms with van der Waals surface area (Å²) in [5.74, 6) is -0.681. The van der Waals surface area contributed by atoms with Crippen molar-refractivity contribution in [3.63, 3.8) is 0 Å². The third-order valence-corrected chi connectivity index (χ3v) is 4.52. The van der Waals surface area contributed by atoms with Crippen LogP contribution < -0.4 is 0 Å². The highest BCUT2D eigenvalue weighted by atomic mass is 32.2. The van der Waals surface area contributed by atoms with E-state index >= 15 is 0 Å². The van der Waals surface area contributed by atoms with E-state index in [1.807, 2.05) is 6.08 Å². The van der Waals surface area contributed by atoms with E-state index in [9.17, 15) is 9.59 Å². The molecule has 0 bridgehead atoms. The predicted octanol–water partition coefficient (Wildman–Crippen LogP) is 2.56. The number of amides is 1. The van der Waals surface area contributed by atoms with Crippen LogP contribution in [0.4, 0.5) is 0 Å². The first-order chi connectivity index (χ1) is 9.08. The summed E-state index contributed by atoms with van der Waals surface area (Å²) in [4.78, 5) is 24.7. The largest absolute Gasteiger partial charge is 0.481 e. The van der Waals surface area contributed by atoms with Crippen LogP contribution in [-0.4, -0.2) is 32.7 Å². The van der Waals surface area contributed by atoms with Crippen molar-refractivity contribution >= 4 is 40.2 Å². The molecular weight excluding hydrogens is 282 g/mol. The summed E-state index contributed by atoms with van der Waals surface area (Å²) in [5, 5.41) is 8.66. The van der Waals surface area contributed by atoms with E-state index in [1.165, 1.54) is 16.7 Å². The van der Waals surface area contributed by atoms with Crippen molar-refractivity contribution < 1.29 is 14.7 Å². The Balaban J connectivity index is 2.02. The molecule has 1 atom stereocenters. The second-order valence-electron chi connectivity index (χ2n) is 4.54. The Morgan fingerprint density at radius 3 is 3.00 bits per heavy atom. The molecule has 0 saturated carbocycles. The molecule has 19 heavy (non-hydrogen) atoms. The maximum atomic E-state index is 12.1. The summed E-state index contributed by atoms with van der Waals surface area (Å²) in [6.07, 6.45) is 9.25.